The van der Waals surface area contributed by atoms with Crippen molar-refractivity contribution in [3.8, 4) is 0 Å². The molecule has 3 unspecified atom stereocenters. The van der Waals surface area contributed by atoms with Gasteiger partial charge in [0, 0.05) is 24.1 Å². The maximum absolute atomic E-state index is 6.12. The van der Waals surface area contributed by atoms with Crippen molar-refractivity contribution in [3.63, 3.8) is 0 Å². The minimum atomic E-state index is 0.455. The molecule has 0 saturated carbocycles. The number of ether oxygens (including phenoxy) is 1. The van der Waals surface area contributed by atoms with Crippen molar-refractivity contribution in [2.75, 3.05) is 19.7 Å². The van der Waals surface area contributed by atoms with Crippen molar-refractivity contribution in [2.45, 2.75) is 31.3 Å². The predicted molar refractivity (Wildman–Crippen MR) is 74.1 cm³/mol. The summed E-state index contributed by atoms with van der Waals surface area (Å²) in [5.74, 6) is 1.19. The van der Waals surface area contributed by atoms with Crippen LogP contribution in [0, 0.1) is 5.92 Å². The van der Waals surface area contributed by atoms with Gasteiger partial charge in [-0.3, -0.25) is 0 Å². The molecule has 3 atom stereocenters. The van der Waals surface area contributed by atoms with E-state index >= 15 is 0 Å². The Morgan fingerprint density at radius 1 is 1.28 bits per heavy atom. The number of piperidine rings is 1. The van der Waals surface area contributed by atoms with Gasteiger partial charge in [0.25, 0.3) is 0 Å². The first-order chi connectivity index (χ1) is 8.84. The lowest BCUT2D eigenvalue weighted by Gasteiger charge is -2.36. The lowest BCUT2D eigenvalue weighted by molar-refractivity contribution is 0.0411. The molecule has 0 spiro atoms. The van der Waals surface area contributed by atoms with Gasteiger partial charge in [0.2, 0.25) is 0 Å². The molecule has 0 amide bonds. The Morgan fingerprint density at radius 3 is 3.00 bits per heavy atom. The van der Waals surface area contributed by atoms with Crippen LogP contribution in [0.4, 0.5) is 0 Å². The molecule has 2 aliphatic heterocycles. The Kier molecular flexibility index (Phi) is 3.88. The molecule has 98 valence electrons. The molecular weight excluding hydrogens is 246 g/mol. The fourth-order valence-corrected chi connectivity index (χ4v) is 3.57. The highest BCUT2D eigenvalue weighted by atomic mass is 35.5. The molecule has 1 N–H and O–H groups in total. The number of benzene rings is 1. The number of hydrogen-bond donors (Lipinski definition) is 1. The maximum Gasteiger partial charge on any atom is 0.0610 e. The first kappa shape index (κ1) is 12.5. The molecule has 2 saturated heterocycles. The van der Waals surface area contributed by atoms with Gasteiger partial charge in [-0.25, -0.2) is 0 Å². The van der Waals surface area contributed by atoms with Crippen LogP contribution in [0.3, 0.4) is 0 Å². The molecule has 2 aliphatic rings. The van der Waals surface area contributed by atoms with Crippen LogP contribution in [-0.4, -0.2) is 25.8 Å². The largest absolute Gasteiger partial charge is 0.378 e. The number of halogens is 1. The van der Waals surface area contributed by atoms with Crippen LogP contribution in [0.2, 0.25) is 5.02 Å². The van der Waals surface area contributed by atoms with Gasteiger partial charge in [0.05, 0.1) is 6.10 Å². The van der Waals surface area contributed by atoms with Gasteiger partial charge in [-0.05, 0) is 49.4 Å². The smallest absolute Gasteiger partial charge is 0.0610 e. The van der Waals surface area contributed by atoms with Gasteiger partial charge in [-0.2, -0.15) is 0 Å². The van der Waals surface area contributed by atoms with E-state index in [1.54, 1.807) is 0 Å². The highest BCUT2D eigenvalue weighted by Crippen LogP contribution is 2.37. The summed E-state index contributed by atoms with van der Waals surface area (Å²) >= 11 is 6.12. The van der Waals surface area contributed by atoms with Crippen molar-refractivity contribution in [1.82, 2.24) is 5.32 Å². The normalized spacial score (nSPS) is 32.6. The van der Waals surface area contributed by atoms with E-state index in [0.717, 1.165) is 24.7 Å². The summed E-state index contributed by atoms with van der Waals surface area (Å²) in [6, 6.07) is 8.31. The Morgan fingerprint density at radius 2 is 2.22 bits per heavy atom. The molecule has 2 heterocycles. The van der Waals surface area contributed by atoms with Crippen LogP contribution in [0.1, 0.15) is 30.7 Å². The molecule has 3 rings (SSSR count). The molecule has 0 radical (unpaired) electrons. The van der Waals surface area contributed by atoms with Crippen molar-refractivity contribution >= 4 is 11.6 Å². The lowest BCUT2D eigenvalue weighted by atomic mass is 9.77. The van der Waals surface area contributed by atoms with E-state index in [4.69, 9.17) is 16.3 Å². The average Bonchev–Trinajstić information content (AvgIpc) is 2.92. The van der Waals surface area contributed by atoms with E-state index in [2.05, 4.69) is 23.5 Å². The monoisotopic (exact) mass is 265 g/mol. The van der Waals surface area contributed by atoms with Crippen LogP contribution in [0.5, 0.6) is 0 Å². The molecule has 0 aromatic heterocycles. The Bertz CT molecular complexity index is 403. The zero-order valence-electron chi connectivity index (χ0n) is 10.6. The van der Waals surface area contributed by atoms with E-state index in [0.29, 0.717) is 17.9 Å². The number of nitrogens with one attached hydrogen (secondary N) is 1. The highest BCUT2D eigenvalue weighted by molar-refractivity contribution is 6.30. The molecule has 0 bridgehead atoms. The van der Waals surface area contributed by atoms with E-state index in [1.807, 2.05) is 6.07 Å². The molecule has 2 nitrogen and oxygen atoms in total. The van der Waals surface area contributed by atoms with Gasteiger partial charge in [0.15, 0.2) is 0 Å². The standard InChI is InChI=1S/C15H20ClNO/c16-12-4-1-3-11(9-12)14-10-17-7-6-13(14)15-5-2-8-18-15/h1,3-4,9,13-15,17H,2,5-8,10H2. The van der Waals surface area contributed by atoms with E-state index in [1.165, 1.54) is 24.8 Å². The van der Waals surface area contributed by atoms with E-state index in [-0.39, 0.29) is 0 Å². The van der Waals surface area contributed by atoms with E-state index < -0.39 is 0 Å². The second-order valence-electron chi connectivity index (χ2n) is 5.37. The summed E-state index contributed by atoms with van der Waals surface area (Å²) < 4.78 is 5.91. The average molecular weight is 266 g/mol. The van der Waals surface area contributed by atoms with E-state index in [9.17, 15) is 0 Å². The van der Waals surface area contributed by atoms with Gasteiger partial charge >= 0.3 is 0 Å². The zero-order chi connectivity index (χ0) is 12.4. The summed E-state index contributed by atoms with van der Waals surface area (Å²) in [6.45, 7) is 3.10. The number of rotatable bonds is 2. The Balaban J connectivity index is 1.82. The highest BCUT2D eigenvalue weighted by Gasteiger charge is 2.34. The van der Waals surface area contributed by atoms with Gasteiger partial charge < -0.3 is 10.1 Å². The van der Waals surface area contributed by atoms with Crippen molar-refractivity contribution in [3.05, 3.63) is 34.9 Å². The first-order valence-corrected chi connectivity index (χ1v) is 7.30. The Hall–Kier alpha value is -0.570. The van der Waals surface area contributed by atoms with Gasteiger partial charge in [-0.15, -0.1) is 0 Å². The third-order valence-electron chi connectivity index (χ3n) is 4.25. The van der Waals surface area contributed by atoms with Crippen molar-refractivity contribution in [2.24, 2.45) is 5.92 Å². The summed E-state index contributed by atoms with van der Waals surface area (Å²) in [6.07, 6.45) is 4.11. The second-order valence-corrected chi connectivity index (χ2v) is 5.81. The minimum Gasteiger partial charge on any atom is -0.378 e. The van der Waals surface area contributed by atoms with Gasteiger partial charge in [-0.1, -0.05) is 23.7 Å². The van der Waals surface area contributed by atoms with Crippen LogP contribution < -0.4 is 5.32 Å². The SMILES string of the molecule is Clc1cccc(C2CNCCC2C2CCCO2)c1. The molecule has 1 aromatic rings. The van der Waals surface area contributed by atoms with Crippen LogP contribution in [0.15, 0.2) is 24.3 Å². The predicted octanol–water partition coefficient (Wildman–Crippen LogP) is 3.21. The zero-order valence-corrected chi connectivity index (χ0v) is 11.3. The first-order valence-electron chi connectivity index (χ1n) is 6.92. The molecule has 2 fully saturated rings. The topological polar surface area (TPSA) is 21.3 Å². The lowest BCUT2D eigenvalue weighted by Crippen LogP contribution is -2.40. The van der Waals surface area contributed by atoms with Crippen LogP contribution in [0.25, 0.3) is 0 Å². The molecule has 0 aliphatic carbocycles. The fraction of sp³-hybridized carbons (Fsp3) is 0.600. The Labute approximate surface area is 114 Å². The van der Waals surface area contributed by atoms with Crippen LogP contribution in [-0.2, 0) is 4.74 Å². The summed E-state index contributed by atoms with van der Waals surface area (Å²) in [4.78, 5) is 0. The fourth-order valence-electron chi connectivity index (χ4n) is 3.37. The third kappa shape index (κ3) is 2.56. The quantitative estimate of drug-likeness (QED) is 0.887. The molecule has 3 heteroatoms. The van der Waals surface area contributed by atoms with Crippen LogP contribution >= 0.6 is 11.6 Å². The molecule has 18 heavy (non-hydrogen) atoms. The molecule has 1 aromatic carbocycles. The molecular formula is C15H20ClNO. The minimum absolute atomic E-state index is 0.455. The maximum atomic E-state index is 6.12. The van der Waals surface area contributed by atoms with Crippen molar-refractivity contribution < 1.29 is 4.74 Å². The second kappa shape index (κ2) is 5.60. The summed E-state index contributed by atoms with van der Waals surface area (Å²) in [5.41, 5.74) is 1.36. The summed E-state index contributed by atoms with van der Waals surface area (Å²) in [5, 5.41) is 4.34. The summed E-state index contributed by atoms with van der Waals surface area (Å²) in [7, 11) is 0. The number of hydrogen-bond acceptors (Lipinski definition) is 2. The van der Waals surface area contributed by atoms with Crippen molar-refractivity contribution in [1.29, 1.82) is 0 Å². The third-order valence-corrected chi connectivity index (χ3v) is 4.49. The van der Waals surface area contributed by atoms with Gasteiger partial charge in [0.1, 0.15) is 0 Å².